The van der Waals surface area contributed by atoms with Crippen molar-refractivity contribution in [3.63, 3.8) is 0 Å². The van der Waals surface area contributed by atoms with Crippen molar-refractivity contribution in [2.75, 3.05) is 13.1 Å². The van der Waals surface area contributed by atoms with Gasteiger partial charge in [-0.15, -0.1) is 0 Å². The molecule has 4 heteroatoms. The summed E-state index contributed by atoms with van der Waals surface area (Å²) in [7, 11) is 0. The number of hydrogen-bond donors (Lipinski definition) is 3. The van der Waals surface area contributed by atoms with Crippen LogP contribution in [0.25, 0.3) is 0 Å². The van der Waals surface area contributed by atoms with E-state index in [0.29, 0.717) is 13.1 Å². The van der Waals surface area contributed by atoms with Crippen LogP contribution in [0.3, 0.4) is 0 Å². The molecule has 0 spiro atoms. The van der Waals surface area contributed by atoms with Gasteiger partial charge in [0, 0.05) is 13.1 Å². The molecule has 2 atom stereocenters. The fraction of sp³-hybridized carbons (Fsp3) is 0.278. The highest BCUT2D eigenvalue weighted by molar-refractivity contribution is 5.80. The van der Waals surface area contributed by atoms with Crippen LogP contribution in [0.15, 0.2) is 60.7 Å². The lowest BCUT2D eigenvalue weighted by molar-refractivity contribution is -0.124. The Morgan fingerprint density at radius 1 is 1.05 bits per heavy atom. The minimum Gasteiger partial charge on any atom is -0.355 e. The number of benzene rings is 2. The zero-order valence-corrected chi connectivity index (χ0v) is 12.5. The first-order chi connectivity index (χ1) is 10.8. The summed E-state index contributed by atoms with van der Waals surface area (Å²) >= 11 is 0. The average molecular weight is 295 g/mol. The Balaban J connectivity index is 1.55. The number of nitrogens with one attached hydrogen (secondary N) is 3. The Morgan fingerprint density at radius 2 is 1.73 bits per heavy atom. The van der Waals surface area contributed by atoms with Crippen molar-refractivity contribution in [1.29, 1.82) is 0 Å². The van der Waals surface area contributed by atoms with E-state index in [1.807, 2.05) is 36.4 Å². The molecular weight excluding hydrogens is 274 g/mol. The second-order valence-electron chi connectivity index (χ2n) is 5.55. The van der Waals surface area contributed by atoms with Crippen LogP contribution in [0.4, 0.5) is 0 Å². The minimum atomic E-state index is -0.0850. The first kappa shape index (κ1) is 14.8. The van der Waals surface area contributed by atoms with E-state index in [1.54, 1.807) is 0 Å². The van der Waals surface area contributed by atoms with E-state index in [0.717, 1.165) is 12.0 Å². The van der Waals surface area contributed by atoms with Gasteiger partial charge in [-0.05, 0) is 17.5 Å². The van der Waals surface area contributed by atoms with Gasteiger partial charge in [0.1, 0.15) is 0 Å². The van der Waals surface area contributed by atoms with Gasteiger partial charge < -0.3 is 5.32 Å². The molecule has 0 bridgehead atoms. The zero-order chi connectivity index (χ0) is 15.2. The molecule has 2 aromatic carbocycles. The van der Waals surface area contributed by atoms with Crippen LogP contribution in [-0.4, -0.2) is 19.0 Å². The number of carbonyl (C=O) groups excluding carboxylic acids is 1. The number of amides is 1. The number of hydrazine groups is 1. The first-order valence-electron chi connectivity index (χ1n) is 7.69. The average Bonchev–Trinajstić information content (AvgIpc) is 3.06. The molecular formula is C18H21N3O. The maximum absolute atomic E-state index is 12.4. The maximum atomic E-state index is 12.4. The van der Waals surface area contributed by atoms with Gasteiger partial charge >= 0.3 is 0 Å². The molecule has 3 rings (SSSR count). The third-order valence-corrected chi connectivity index (χ3v) is 4.03. The van der Waals surface area contributed by atoms with E-state index < -0.39 is 0 Å². The summed E-state index contributed by atoms with van der Waals surface area (Å²) in [6.45, 7) is 1.32. The standard InChI is InChI=1S/C18H21N3O/c22-18(19-12-11-14-7-3-1-4-8-14)16-13-20-21-17(16)15-9-5-2-6-10-15/h1-10,16-17,20-21H,11-13H2,(H,19,22). The normalized spacial score (nSPS) is 20.7. The zero-order valence-electron chi connectivity index (χ0n) is 12.5. The predicted octanol–water partition coefficient (Wildman–Crippen LogP) is 1.81. The summed E-state index contributed by atoms with van der Waals surface area (Å²) in [5.74, 6) is 0.0143. The number of rotatable bonds is 5. The smallest absolute Gasteiger partial charge is 0.226 e. The van der Waals surface area contributed by atoms with Crippen LogP contribution in [0.5, 0.6) is 0 Å². The lowest BCUT2D eigenvalue weighted by atomic mass is 9.94. The molecule has 1 aliphatic rings. The van der Waals surface area contributed by atoms with Gasteiger partial charge in [0.15, 0.2) is 0 Å². The molecule has 0 aliphatic carbocycles. The molecule has 114 valence electrons. The Hall–Kier alpha value is -2.17. The van der Waals surface area contributed by atoms with Gasteiger partial charge in [-0.3, -0.25) is 10.2 Å². The van der Waals surface area contributed by atoms with Gasteiger partial charge in [0.2, 0.25) is 5.91 Å². The van der Waals surface area contributed by atoms with Gasteiger partial charge in [-0.2, -0.15) is 0 Å². The Morgan fingerprint density at radius 3 is 2.45 bits per heavy atom. The van der Waals surface area contributed by atoms with Gasteiger partial charge in [-0.25, -0.2) is 5.43 Å². The highest BCUT2D eigenvalue weighted by Crippen LogP contribution is 2.24. The van der Waals surface area contributed by atoms with E-state index >= 15 is 0 Å². The molecule has 0 aromatic heterocycles. The van der Waals surface area contributed by atoms with Crippen molar-refractivity contribution in [1.82, 2.24) is 16.2 Å². The van der Waals surface area contributed by atoms with Gasteiger partial charge in [0.05, 0.1) is 12.0 Å². The molecule has 1 saturated heterocycles. The first-order valence-corrected chi connectivity index (χ1v) is 7.69. The summed E-state index contributed by atoms with van der Waals surface area (Å²) < 4.78 is 0. The van der Waals surface area contributed by atoms with Crippen LogP contribution in [0, 0.1) is 5.92 Å². The molecule has 0 saturated carbocycles. The SMILES string of the molecule is O=C(NCCc1ccccc1)C1CNNC1c1ccccc1. The van der Waals surface area contributed by atoms with E-state index in [4.69, 9.17) is 0 Å². The second-order valence-corrected chi connectivity index (χ2v) is 5.55. The fourth-order valence-corrected chi connectivity index (χ4v) is 2.82. The van der Waals surface area contributed by atoms with Crippen molar-refractivity contribution in [3.8, 4) is 0 Å². The molecule has 22 heavy (non-hydrogen) atoms. The summed E-state index contributed by atoms with van der Waals surface area (Å²) in [6.07, 6.45) is 0.857. The van der Waals surface area contributed by atoms with Crippen LogP contribution < -0.4 is 16.2 Å². The van der Waals surface area contributed by atoms with Gasteiger partial charge in [-0.1, -0.05) is 60.7 Å². The van der Waals surface area contributed by atoms with Crippen molar-refractivity contribution < 1.29 is 4.79 Å². The van der Waals surface area contributed by atoms with Crippen LogP contribution >= 0.6 is 0 Å². The molecule has 2 unspecified atom stereocenters. The van der Waals surface area contributed by atoms with Crippen LogP contribution in [-0.2, 0) is 11.2 Å². The van der Waals surface area contributed by atoms with E-state index in [9.17, 15) is 4.79 Å². The van der Waals surface area contributed by atoms with Crippen molar-refractivity contribution >= 4 is 5.91 Å². The lowest BCUT2D eigenvalue weighted by Gasteiger charge is -2.18. The quantitative estimate of drug-likeness (QED) is 0.788. The second kappa shape index (κ2) is 7.20. The van der Waals surface area contributed by atoms with E-state index in [2.05, 4.69) is 40.4 Å². The van der Waals surface area contributed by atoms with Crippen LogP contribution in [0.2, 0.25) is 0 Å². The molecule has 0 radical (unpaired) electrons. The van der Waals surface area contributed by atoms with Crippen LogP contribution in [0.1, 0.15) is 17.2 Å². The highest BCUT2D eigenvalue weighted by Gasteiger charge is 2.33. The highest BCUT2D eigenvalue weighted by atomic mass is 16.2. The third-order valence-electron chi connectivity index (χ3n) is 4.03. The Bertz CT molecular complexity index is 600. The summed E-state index contributed by atoms with van der Waals surface area (Å²) in [5, 5.41) is 3.05. The van der Waals surface area contributed by atoms with Crippen molar-refractivity contribution in [3.05, 3.63) is 71.8 Å². The Labute approximate surface area is 130 Å². The van der Waals surface area contributed by atoms with E-state index in [1.165, 1.54) is 5.56 Å². The van der Waals surface area contributed by atoms with Crippen molar-refractivity contribution in [2.24, 2.45) is 5.92 Å². The topological polar surface area (TPSA) is 53.2 Å². The Kier molecular flexibility index (Phi) is 4.83. The minimum absolute atomic E-state index is 0.0259. The molecule has 1 fully saturated rings. The lowest BCUT2D eigenvalue weighted by Crippen LogP contribution is -2.36. The predicted molar refractivity (Wildman–Crippen MR) is 87.0 cm³/mol. The summed E-state index contributed by atoms with van der Waals surface area (Å²) in [5.41, 5.74) is 8.68. The molecule has 1 heterocycles. The summed E-state index contributed by atoms with van der Waals surface area (Å²) in [4.78, 5) is 12.4. The largest absolute Gasteiger partial charge is 0.355 e. The van der Waals surface area contributed by atoms with Gasteiger partial charge in [0.25, 0.3) is 0 Å². The molecule has 3 N–H and O–H groups in total. The van der Waals surface area contributed by atoms with E-state index in [-0.39, 0.29) is 17.9 Å². The third kappa shape index (κ3) is 3.53. The van der Waals surface area contributed by atoms with Crippen molar-refractivity contribution in [2.45, 2.75) is 12.5 Å². The maximum Gasteiger partial charge on any atom is 0.226 e. The number of carbonyl (C=O) groups is 1. The monoisotopic (exact) mass is 295 g/mol. The molecule has 1 aliphatic heterocycles. The molecule has 4 nitrogen and oxygen atoms in total. The molecule has 1 amide bonds. The fourth-order valence-electron chi connectivity index (χ4n) is 2.82. The summed E-state index contributed by atoms with van der Waals surface area (Å²) in [6, 6.07) is 20.3. The molecule has 2 aromatic rings. The number of hydrogen-bond acceptors (Lipinski definition) is 3.